The summed E-state index contributed by atoms with van der Waals surface area (Å²) in [6.07, 6.45) is 1.65. The van der Waals surface area contributed by atoms with Crippen molar-refractivity contribution < 1.29 is 24.7 Å². The van der Waals surface area contributed by atoms with Gasteiger partial charge in [0.1, 0.15) is 27.1 Å². The minimum Gasteiger partial charge on any atom is -0.477 e. The first kappa shape index (κ1) is 25.9. The Balaban J connectivity index is 1.70. The molecule has 1 aromatic heterocycles. The van der Waals surface area contributed by atoms with Gasteiger partial charge in [0, 0.05) is 11.5 Å². The number of thiazole rings is 1. The summed E-state index contributed by atoms with van der Waals surface area (Å²) in [6, 6.07) is -1.02. The molecule has 0 radical (unpaired) electrons. The fourth-order valence-electron chi connectivity index (χ4n) is 3.12. The fourth-order valence-corrected chi connectivity index (χ4v) is 5.96. The maximum absolute atomic E-state index is 12.8. The molecule has 2 aliphatic heterocycles. The normalized spacial score (nSPS) is 21.0. The summed E-state index contributed by atoms with van der Waals surface area (Å²) in [5.74, 6) is -1.28. The number of allylic oxidation sites excluding steroid dienone is 1. The first-order valence-corrected chi connectivity index (χ1v) is 12.9. The number of carboxylic acids is 1. The molecule has 16 heteroatoms. The predicted molar refractivity (Wildman–Crippen MR) is 133 cm³/mol. The molecule has 0 aliphatic carbocycles. The molecule has 2 aliphatic rings. The van der Waals surface area contributed by atoms with Crippen molar-refractivity contribution in [1.29, 1.82) is 0 Å². The van der Waals surface area contributed by atoms with E-state index in [1.165, 1.54) is 23.5 Å². The van der Waals surface area contributed by atoms with Crippen LogP contribution in [-0.2, 0) is 14.4 Å². The number of aromatic nitrogens is 1. The van der Waals surface area contributed by atoms with Gasteiger partial charge in [-0.3, -0.25) is 19.5 Å². The van der Waals surface area contributed by atoms with Crippen LogP contribution in [0.4, 0.5) is 5.13 Å². The van der Waals surface area contributed by atoms with E-state index in [0.717, 1.165) is 16.2 Å². The topological polar surface area (TPSA) is 197 Å². The molecule has 3 heterocycles. The number of β-lactam (4-membered cyclic amide) rings is 1. The first-order chi connectivity index (χ1) is 16.1. The van der Waals surface area contributed by atoms with Gasteiger partial charge in [-0.1, -0.05) is 28.1 Å². The van der Waals surface area contributed by atoms with Gasteiger partial charge in [-0.05, 0) is 24.0 Å². The Morgan fingerprint density at radius 1 is 1.47 bits per heavy atom. The highest BCUT2D eigenvalue weighted by Gasteiger charge is 2.54. The number of nitrogens with zero attached hydrogens (tertiary/aromatic N) is 4. The van der Waals surface area contributed by atoms with Gasteiger partial charge in [-0.2, -0.15) is 0 Å². The van der Waals surface area contributed by atoms with Gasteiger partial charge in [-0.15, -0.1) is 23.5 Å². The number of oxime groups is 1. The van der Waals surface area contributed by atoms with Crippen molar-refractivity contribution >= 4 is 80.9 Å². The second kappa shape index (κ2) is 11.1. The van der Waals surface area contributed by atoms with Crippen LogP contribution in [0.5, 0.6) is 0 Å². The van der Waals surface area contributed by atoms with Crippen molar-refractivity contribution in [1.82, 2.24) is 15.2 Å². The number of halogens is 1. The van der Waals surface area contributed by atoms with Gasteiger partial charge in [-0.25, -0.2) is 9.78 Å². The third kappa shape index (κ3) is 5.48. The lowest BCUT2D eigenvalue weighted by Crippen LogP contribution is -2.71. The lowest BCUT2D eigenvalue weighted by Gasteiger charge is -2.49. The van der Waals surface area contributed by atoms with E-state index in [9.17, 15) is 24.7 Å². The molecule has 182 valence electrons. The molecule has 2 atom stereocenters. The van der Waals surface area contributed by atoms with Crippen LogP contribution in [0.3, 0.4) is 0 Å². The Labute approximate surface area is 211 Å². The van der Waals surface area contributed by atoms with E-state index < -0.39 is 34.9 Å². The number of carbonyl (C=O) groups is 3. The Bertz CT molecular complexity index is 1130. The second-order valence-corrected chi connectivity index (χ2v) is 10.6. The van der Waals surface area contributed by atoms with Gasteiger partial charge < -0.3 is 27.1 Å². The Morgan fingerprint density at radius 2 is 2.21 bits per heavy atom. The van der Waals surface area contributed by atoms with Gasteiger partial charge in [0.15, 0.2) is 10.8 Å². The molecule has 1 fully saturated rings. The molecule has 0 unspecified atom stereocenters. The maximum Gasteiger partial charge on any atom is 0.352 e. The summed E-state index contributed by atoms with van der Waals surface area (Å²) < 4.78 is 0.0458. The smallest absolute Gasteiger partial charge is 0.352 e. The monoisotopic (exact) mass is 545 g/mol. The van der Waals surface area contributed by atoms with Crippen molar-refractivity contribution in [2.75, 3.05) is 23.8 Å². The SMILES string of the molecule is CC(N)=NCCSC=CC1=C(C(=O)O)N2C(=O)[C@@H](NC(=O)/C(=N\O)c3nc(N)sc3Cl)[C@H]2SC1. The van der Waals surface area contributed by atoms with E-state index in [-0.39, 0.29) is 20.9 Å². The average molecular weight is 546 g/mol. The number of aliphatic carboxylic acids is 1. The molecule has 0 spiro atoms. The van der Waals surface area contributed by atoms with E-state index in [1.54, 1.807) is 18.4 Å². The third-order valence-corrected chi connectivity index (χ3v) is 7.70. The summed E-state index contributed by atoms with van der Waals surface area (Å²) >= 11 is 9.60. The molecule has 3 rings (SSSR count). The van der Waals surface area contributed by atoms with E-state index in [2.05, 4.69) is 20.4 Å². The standard InChI is InChI=1S/C18H20ClN7O5S3/c1-7(20)22-3-5-32-4-2-8-6-33-16-11(15(28)26(16)12(8)17(29)30)23-14(27)10(25-31)9-13(19)34-18(21)24-9/h2,4,11,16,31H,3,5-6H2,1H3,(H2,20,22)(H2,21,24)(H,23,27)(H,29,30)/b4-2?,25-10-/t11-,16-/m1/s1. The van der Waals surface area contributed by atoms with Crippen LogP contribution in [0.1, 0.15) is 12.6 Å². The quantitative estimate of drug-likeness (QED) is 0.0742. The molecule has 12 nitrogen and oxygen atoms in total. The Morgan fingerprint density at radius 3 is 2.79 bits per heavy atom. The van der Waals surface area contributed by atoms with Gasteiger partial charge >= 0.3 is 5.97 Å². The minimum atomic E-state index is -1.25. The van der Waals surface area contributed by atoms with Crippen molar-refractivity contribution in [3.63, 3.8) is 0 Å². The maximum atomic E-state index is 12.8. The van der Waals surface area contributed by atoms with Crippen LogP contribution in [-0.4, -0.2) is 79.0 Å². The number of hydrogen-bond acceptors (Lipinski definition) is 11. The minimum absolute atomic E-state index is 0.0458. The number of fused-ring (bicyclic) bond motifs is 1. The average Bonchev–Trinajstić information content (AvgIpc) is 3.11. The Kier molecular flexibility index (Phi) is 8.46. The summed E-state index contributed by atoms with van der Waals surface area (Å²) in [5.41, 5.74) is 10.7. The molecular formula is C18H20ClN7O5S3. The molecule has 2 amide bonds. The van der Waals surface area contributed by atoms with Gasteiger partial charge in [0.2, 0.25) is 0 Å². The number of carboxylic acid groups (broad SMARTS) is 1. The predicted octanol–water partition coefficient (Wildman–Crippen LogP) is 0.920. The third-order valence-electron chi connectivity index (χ3n) is 4.56. The summed E-state index contributed by atoms with van der Waals surface area (Å²) in [7, 11) is 0. The molecule has 0 aromatic carbocycles. The number of nitrogens with one attached hydrogen (secondary N) is 1. The fraction of sp³-hybridized carbons (Fsp3) is 0.333. The van der Waals surface area contributed by atoms with Crippen LogP contribution in [0.25, 0.3) is 0 Å². The molecule has 7 N–H and O–H groups in total. The highest BCUT2D eigenvalue weighted by atomic mass is 35.5. The highest BCUT2D eigenvalue weighted by molar-refractivity contribution is 8.02. The van der Waals surface area contributed by atoms with Crippen LogP contribution >= 0.6 is 46.5 Å². The number of amides is 2. The van der Waals surface area contributed by atoms with Crippen LogP contribution < -0.4 is 16.8 Å². The number of aliphatic imine (C=N–C) groups is 1. The van der Waals surface area contributed by atoms with Crippen molar-refractivity contribution in [2.45, 2.75) is 18.3 Å². The number of rotatable bonds is 9. The Hall–Kier alpha value is -2.75. The molecule has 1 aromatic rings. The largest absolute Gasteiger partial charge is 0.477 e. The van der Waals surface area contributed by atoms with Crippen LogP contribution in [0.15, 0.2) is 32.9 Å². The lowest BCUT2D eigenvalue weighted by molar-refractivity contribution is -0.150. The number of hydrogen-bond donors (Lipinski definition) is 5. The van der Waals surface area contributed by atoms with Gasteiger partial charge in [0.05, 0.1) is 12.4 Å². The first-order valence-electron chi connectivity index (χ1n) is 9.56. The van der Waals surface area contributed by atoms with Crippen molar-refractivity contribution in [3.8, 4) is 0 Å². The number of carbonyl (C=O) groups excluding carboxylic acids is 2. The van der Waals surface area contributed by atoms with E-state index in [1.807, 2.05) is 0 Å². The molecule has 34 heavy (non-hydrogen) atoms. The summed E-state index contributed by atoms with van der Waals surface area (Å²) in [6.45, 7) is 2.23. The number of nitrogens with two attached hydrogens (primary N) is 2. The highest BCUT2D eigenvalue weighted by Crippen LogP contribution is 2.41. The zero-order valence-corrected chi connectivity index (χ0v) is 20.8. The number of thioether (sulfide) groups is 2. The van der Waals surface area contributed by atoms with Crippen LogP contribution in [0, 0.1) is 0 Å². The zero-order valence-electron chi connectivity index (χ0n) is 17.6. The molecule has 1 saturated heterocycles. The molecule has 0 bridgehead atoms. The summed E-state index contributed by atoms with van der Waals surface area (Å²) in [5, 5.41) is 25.6. The second-order valence-electron chi connectivity index (χ2n) is 6.86. The number of nitrogen functional groups attached to an aromatic ring is 1. The summed E-state index contributed by atoms with van der Waals surface area (Å²) in [4.78, 5) is 46.4. The van der Waals surface area contributed by atoms with E-state index in [0.29, 0.717) is 29.5 Å². The van der Waals surface area contributed by atoms with Crippen molar-refractivity contribution in [3.05, 3.63) is 32.8 Å². The molecule has 0 saturated carbocycles. The van der Waals surface area contributed by atoms with Gasteiger partial charge in [0.25, 0.3) is 11.8 Å². The number of anilines is 1. The number of amidine groups is 1. The van der Waals surface area contributed by atoms with E-state index in [4.69, 9.17) is 23.1 Å². The van der Waals surface area contributed by atoms with Crippen LogP contribution in [0.2, 0.25) is 4.34 Å². The van der Waals surface area contributed by atoms with E-state index >= 15 is 0 Å². The lowest BCUT2D eigenvalue weighted by atomic mass is 10.0. The van der Waals surface area contributed by atoms with Crippen molar-refractivity contribution in [2.24, 2.45) is 15.9 Å². The zero-order chi connectivity index (χ0) is 25.0. The molecular weight excluding hydrogens is 526 g/mol.